The summed E-state index contributed by atoms with van der Waals surface area (Å²) in [5.74, 6) is 3.68. The minimum Gasteiger partial charge on any atom is -0.493 e. The van der Waals surface area contributed by atoms with Gasteiger partial charge in [-0.2, -0.15) is 16.9 Å². The van der Waals surface area contributed by atoms with Gasteiger partial charge in [-0.3, -0.25) is 14.5 Å². The fraction of sp³-hybridized carbons (Fsp3) is 0.571. The quantitative estimate of drug-likeness (QED) is 0.665. The van der Waals surface area contributed by atoms with Crippen molar-refractivity contribution < 1.29 is 14.6 Å². The van der Waals surface area contributed by atoms with Gasteiger partial charge in [-0.05, 0) is 23.8 Å². The van der Waals surface area contributed by atoms with Crippen LogP contribution in [0.1, 0.15) is 11.6 Å². The molecule has 0 radical (unpaired) electrons. The van der Waals surface area contributed by atoms with Crippen LogP contribution in [-0.2, 0) is 6.54 Å². The fourth-order valence-corrected chi connectivity index (χ4v) is 4.83. The van der Waals surface area contributed by atoms with Crippen LogP contribution in [0.5, 0.6) is 11.5 Å². The van der Waals surface area contributed by atoms with E-state index in [1.54, 1.807) is 7.11 Å². The van der Waals surface area contributed by atoms with E-state index in [0.717, 1.165) is 44.2 Å². The molecule has 2 saturated heterocycles. The van der Waals surface area contributed by atoms with Crippen molar-refractivity contribution in [1.29, 1.82) is 0 Å². The second-order valence-corrected chi connectivity index (χ2v) is 8.92. The van der Waals surface area contributed by atoms with Crippen LogP contribution in [0.4, 0.5) is 0 Å². The molecular formula is C21H30N4O3S. The second-order valence-electron chi connectivity index (χ2n) is 7.70. The summed E-state index contributed by atoms with van der Waals surface area (Å²) < 4.78 is 13.4. The van der Waals surface area contributed by atoms with Crippen LogP contribution >= 0.6 is 11.8 Å². The Hall–Kier alpha value is -1.74. The van der Waals surface area contributed by atoms with Crippen molar-refractivity contribution in [2.24, 2.45) is 0 Å². The van der Waals surface area contributed by atoms with Crippen LogP contribution in [0, 0.1) is 0 Å². The van der Waals surface area contributed by atoms with E-state index in [9.17, 15) is 5.11 Å². The Balaban J connectivity index is 1.28. The standard InChI is InChI=1S/C21H30N4O3S/c1-27-20-4-3-17(12-24-13-18(14-24)25-6-2-5-22-25)11-21(20)28-16-19(26)15-23-7-9-29-10-8-23/h2-6,11,18-19,26H,7-10,12-16H2,1H3. The minimum absolute atomic E-state index is 0.272. The van der Waals surface area contributed by atoms with Crippen LogP contribution < -0.4 is 9.47 Å². The highest BCUT2D eigenvalue weighted by Crippen LogP contribution is 2.30. The van der Waals surface area contributed by atoms with Crippen molar-refractivity contribution in [3.63, 3.8) is 0 Å². The predicted molar refractivity (Wildman–Crippen MR) is 115 cm³/mol. The van der Waals surface area contributed by atoms with Gasteiger partial charge in [0, 0.05) is 63.2 Å². The number of ether oxygens (including phenoxy) is 2. The van der Waals surface area contributed by atoms with Gasteiger partial charge in [0.1, 0.15) is 12.7 Å². The Labute approximate surface area is 176 Å². The second kappa shape index (κ2) is 9.84. The smallest absolute Gasteiger partial charge is 0.161 e. The summed E-state index contributed by atoms with van der Waals surface area (Å²) in [6, 6.07) is 8.49. The van der Waals surface area contributed by atoms with E-state index in [4.69, 9.17) is 9.47 Å². The Bertz CT molecular complexity index is 761. The highest BCUT2D eigenvalue weighted by molar-refractivity contribution is 7.99. The van der Waals surface area contributed by atoms with E-state index in [2.05, 4.69) is 21.0 Å². The molecule has 2 aromatic rings. The SMILES string of the molecule is COc1ccc(CN2CC(n3cccn3)C2)cc1OCC(O)CN1CCSCC1. The minimum atomic E-state index is -0.503. The first-order valence-electron chi connectivity index (χ1n) is 10.2. The molecule has 0 amide bonds. The number of hydrogen-bond acceptors (Lipinski definition) is 7. The van der Waals surface area contributed by atoms with Crippen molar-refractivity contribution in [3.8, 4) is 11.5 Å². The third-order valence-corrected chi connectivity index (χ3v) is 6.42. The molecule has 7 nitrogen and oxygen atoms in total. The molecule has 0 spiro atoms. The van der Waals surface area contributed by atoms with Crippen molar-refractivity contribution >= 4 is 11.8 Å². The van der Waals surface area contributed by atoms with E-state index in [1.807, 2.05) is 47.0 Å². The maximum absolute atomic E-state index is 10.4. The number of β-amino-alcohol motifs (C(OH)–C–C–N with tert-alkyl or cyclic N) is 1. The topological polar surface area (TPSA) is 63.0 Å². The first-order chi connectivity index (χ1) is 14.2. The zero-order valence-electron chi connectivity index (χ0n) is 16.9. The number of rotatable bonds is 9. The zero-order valence-corrected chi connectivity index (χ0v) is 17.8. The monoisotopic (exact) mass is 418 g/mol. The summed E-state index contributed by atoms with van der Waals surface area (Å²) in [5.41, 5.74) is 1.18. The predicted octanol–water partition coefficient (Wildman–Crippen LogP) is 1.74. The molecule has 1 aromatic heterocycles. The third kappa shape index (κ3) is 5.45. The van der Waals surface area contributed by atoms with Gasteiger partial charge in [-0.25, -0.2) is 0 Å². The molecule has 158 valence electrons. The van der Waals surface area contributed by atoms with Crippen LogP contribution in [0.15, 0.2) is 36.7 Å². The Morgan fingerprint density at radius 3 is 2.76 bits per heavy atom. The lowest BCUT2D eigenvalue weighted by molar-refractivity contribution is 0.0701. The number of hydrogen-bond donors (Lipinski definition) is 1. The van der Waals surface area contributed by atoms with E-state index in [1.165, 1.54) is 5.56 Å². The van der Waals surface area contributed by atoms with E-state index in [0.29, 0.717) is 24.1 Å². The van der Waals surface area contributed by atoms with Crippen LogP contribution in [-0.4, -0.2) is 88.7 Å². The number of methoxy groups -OCH3 is 1. The number of aliphatic hydroxyl groups excluding tert-OH is 1. The normalized spacial score (nSPS) is 19.7. The first kappa shape index (κ1) is 20.5. The number of benzene rings is 1. The molecule has 1 N–H and O–H groups in total. The molecule has 1 unspecified atom stereocenters. The molecule has 0 saturated carbocycles. The molecule has 0 aliphatic carbocycles. The van der Waals surface area contributed by atoms with E-state index < -0.39 is 6.10 Å². The molecule has 2 fully saturated rings. The summed E-state index contributed by atoms with van der Waals surface area (Å²) in [4.78, 5) is 4.69. The molecule has 2 aliphatic rings. The van der Waals surface area contributed by atoms with Gasteiger partial charge in [0.15, 0.2) is 11.5 Å². The van der Waals surface area contributed by atoms with Crippen molar-refractivity contribution in [3.05, 3.63) is 42.2 Å². The molecule has 8 heteroatoms. The summed E-state index contributed by atoms with van der Waals surface area (Å²) >= 11 is 1.97. The number of aliphatic hydroxyl groups is 1. The van der Waals surface area contributed by atoms with Crippen LogP contribution in [0.3, 0.4) is 0 Å². The maximum Gasteiger partial charge on any atom is 0.161 e. The van der Waals surface area contributed by atoms with E-state index >= 15 is 0 Å². The molecule has 1 atom stereocenters. The van der Waals surface area contributed by atoms with Gasteiger partial charge < -0.3 is 14.6 Å². The average molecular weight is 419 g/mol. The van der Waals surface area contributed by atoms with Gasteiger partial charge in [-0.15, -0.1) is 0 Å². The lowest BCUT2D eigenvalue weighted by Crippen LogP contribution is -2.47. The van der Waals surface area contributed by atoms with Gasteiger partial charge >= 0.3 is 0 Å². The Kier molecular flexibility index (Phi) is 6.97. The molecule has 1 aromatic carbocycles. The molecule has 29 heavy (non-hydrogen) atoms. The highest BCUT2D eigenvalue weighted by atomic mass is 32.2. The van der Waals surface area contributed by atoms with E-state index in [-0.39, 0.29) is 6.61 Å². The average Bonchev–Trinajstić information content (AvgIpc) is 3.24. The maximum atomic E-state index is 10.4. The Morgan fingerprint density at radius 1 is 1.21 bits per heavy atom. The molecule has 0 bridgehead atoms. The summed E-state index contributed by atoms with van der Waals surface area (Å²) in [6.45, 7) is 5.87. The van der Waals surface area contributed by atoms with Crippen LogP contribution in [0.2, 0.25) is 0 Å². The first-order valence-corrected chi connectivity index (χ1v) is 11.4. The van der Waals surface area contributed by atoms with Gasteiger partial charge in [0.05, 0.1) is 13.2 Å². The summed E-state index contributed by atoms with van der Waals surface area (Å²) in [5, 5.41) is 14.7. The van der Waals surface area contributed by atoms with Gasteiger partial charge in [0.2, 0.25) is 0 Å². The van der Waals surface area contributed by atoms with Gasteiger partial charge in [-0.1, -0.05) is 6.07 Å². The summed E-state index contributed by atoms with van der Waals surface area (Å²) in [7, 11) is 1.65. The van der Waals surface area contributed by atoms with Crippen molar-refractivity contribution in [2.45, 2.75) is 18.7 Å². The third-order valence-electron chi connectivity index (χ3n) is 5.47. The van der Waals surface area contributed by atoms with Gasteiger partial charge in [0.25, 0.3) is 0 Å². The summed E-state index contributed by atoms with van der Waals surface area (Å²) in [6.07, 6.45) is 3.35. The van der Waals surface area contributed by atoms with Crippen molar-refractivity contribution in [1.82, 2.24) is 19.6 Å². The lowest BCUT2D eigenvalue weighted by atomic mass is 10.1. The largest absolute Gasteiger partial charge is 0.493 e. The number of nitrogens with zero attached hydrogens (tertiary/aromatic N) is 4. The highest BCUT2D eigenvalue weighted by Gasteiger charge is 2.28. The molecule has 3 heterocycles. The molecule has 4 rings (SSSR count). The van der Waals surface area contributed by atoms with Crippen LogP contribution in [0.25, 0.3) is 0 Å². The number of aromatic nitrogens is 2. The van der Waals surface area contributed by atoms with Crippen molar-refractivity contribution in [2.75, 3.05) is 57.9 Å². The zero-order chi connectivity index (χ0) is 20.1. The number of likely N-dealkylation sites (tertiary alicyclic amines) is 1. The molecular weight excluding hydrogens is 388 g/mol. The lowest BCUT2D eigenvalue weighted by Gasteiger charge is -2.39. The Morgan fingerprint density at radius 2 is 2.03 bits per heavy atom. The number of thioether (sulfide) groups is 1. The fourth-order valence-electron chi connectivity index (χ4n) is 3.85. The molecule has 2 aliphatic heterocycles.